The van der Waals surface area contributed by atoms with Gasteiger partial charge in [-0.2, -0.15) is 0 Å². The molecule has 3 atom stereocenters. The molecular formula is C25H34N2O9. The minimum absolute atomic E-state index is 0.148. The van der Waals surface area contributed by atoms with Gasteiger partial charge in [-0.15, -0.1) is 0 Å². The van der Waals surface area contributed by atoms with Crippen molar-refractivity contribution in [2.75, 3.05) is 13.2 Å². The Morgan fingerprint density at radius 1 is 0.861 bits per heavy atom. The molecule has 0 spiro atoms. The Morgan fingerprint density at radius 2 is 1.42 bits per heavy atom. The summed E-state index contributed by atoms with van der Waals surface area (Å²) in [5.74, 6) is -0.596. The summed E-state index contributed by atoms with van der Waals surface area (Å²) < 4.78 is 26.0. The number of carbonyl (C=O) groups excluding carboxylic acids is 4. The Morgan fingerprint density at radius 3 is 1.94 bits per heavy atom. The molecule has 1 rings (SSSR count). The van der Waals surface area contributed by atoms with Gasteiger partial charge in [-0.1, -0.05) is 39.1 Å². The summed E-state index contributed by atoms with van der Waals surface area (Å²) in [4.78, 5) is 46.9. The highest BCUT2D eigenvalue weighted by atomic mass is 16.6. The predicted molar refractivity (Wildman–Crippen MR) is 130 cm³/mol. The summed E-state index contributed by atoms with van der Waals surface area (Å²) in [6.07, 6.45) is -2.97. The molecule has 198 valence electrons. The summed E-state index contributed by atoms with van der Waals surface area (Å²) in [6.45, 7) is 14.8. The van der Waals surface area contributed by atoms with Crippen molar-refractivity contribution in [1.82, 2.24) is 10.6 Å². The molecule has 0 bridgehead atoms. The fourth-order valence-corrected chi connectivity index (χ4v) is 2.66. The third-order valence-corrected chi connectivity index (χ3v) is 4.54. The molecule has 0 aliphatic carbocycles. The van der Waals surface area contributed by atoms with Crippen molar-refractivity contribution in [3.05, 3.63) is 54.6 Å². The van der Waals surface area contributed by atoms with Crippen molar-refractivity contribution in [3.63, 3.8) is 0 Å². The van der Waals surface area contributed by atoms with Crippen LogP contribution in [0.15, 0.2) is 43.5 Å². The van der Waals surface area contributed by atoms with Gasteiger partial charge in [-0.3, -0.25) is 10.6 Å². The van der Waals surface area contributed by atoms with Gasteiger partial charge in [0.25, 0.3) is 0 Å². The predicted octanol–water partition coefficient (Wildman–Crippen LogP) is 3.47. The second-order valence-corrected chi connectivity index (χ2v) is 7.97. The minimum Gasteiger partial charge on any atom is -0.489 e. The Labute approximate surface area is 210 Å². The van der Waals surface area contributed by atoms with Crippen LogP contribution in [0.25, 0.3) is 0 Å². The lowest BCUT2D eigenvalue weighted by molar-refractivity contribution is -0.144. The number of alkyl carbamates (subject to hydrolysis) is 2. The molecule has 1 aromatic rings. The molecule has 3 unspecified atom stereocenters. The Bertz CT molecular complexity index is 945. The quantitative estimate of drug-likeness (QED) is 0.178. The second kappa shape index (κ2) is 15.1. The van der Waals surface area contributed by atoms with E-state index in [-0.39, 0.29) is 19.1 Å². The number of amides is 2. The lowest BCUT2D eigenvalue weighted by atomic mass is 10.0. The van der Waals surface area contributed by atoms with E-state index in [2.05, 4.69) is 23.8 Å². The number of esters is 2. The van der Waals surface area contributed by atoms with Crippen LogP contribution < -0.4 is 15.4 Å². The highest BCUT2D eigenvalue weighted by Crippen LogP contribution is 2.24. The Kier molecular flexibility index (Phi) is 12.6. The molecule has 0 radical (unpaired) electrons. The fraction of sp³-hybridized carbons (Fsp3) is 0.440. The summed E-state index contributed by atoms with van der Waals surface area (Å²) in [6, 6.07) is 5.80. The zero-order valence-corrected chi connectivity index (χ0v) is 21.2. The molecular weight excluding hydrogens is 472 g/mol. The number of hydrogen-bond donors (Lipinski definition) is 2. The molecule has 1 aromatic carbocycles. The van der Waals surface area contributed by atoms with E-state index in [1.165, 1.54) is 13.8 Å². The summed E-state index contributed by atoms with van der Waals surface area (Å²) in [7, 11) is 0. The molecule has 11 nitrogen and oxygen atoms in total. The Hall–Kier alpha value is -4.02. The van der Waals surface area contributed by atoms with Crippen molar-refractivity contribution >= 4 is 24.1 Å². The monoisotopic (exact) mass is 506 g/mol. The summed E-state index contributed by atoms with van der Waals surface area (Å²) >= 11 is 0. The van der Waals surface area contributed by atoms with Crippen LogP contribution in [0.1, 0.15) is 44.7 Å². The number of benzene rings is 1. The lowest BCUT2D eigenvalue weighted by Crippen LogP contribution is -2.42. The first kappa shape index (κ1) is 30.0. The molecule has 2 amide bonds. The van der Waals surface area contributed by atoms with Gasteiger partial charge in [-0.05, 0) is 43.9 Å². The van der Waals surface area contributed by atoms with Crippen LogP contribution in [-0.4, -0.2) is 55.9 Å². The molecule has 0 aromatic heterocycles. The minimum atomic E-state index is -1.04. The van der Waals surface area contributed by atoms with Crippen LogP contribution in [0.3, 0.4) is 0 Å². The highest BCUT2D eigenvalue weighted by Gasteiger charge is 2.21. The summed E-state index contributed by atoms with van der Waals surface area (Å²) in [5, 5.41) is 4.63. The number of ether oxygens (including phenoxy) is 5. The molecule has 0 saturated carbocycles. The number of rotatable bonds is 13. The molecule has 11 heteroatoms. The third-order valence-electron chi connectivity index (χ3n) is 4.54. The van der Waals surface area contributed by atoms with Crippen LogP contribution in [0.2, 0.25) is 0 Å². The van der Waals surface area contributed by atoms with E-state index in [0.29, 0.717) is 5.75 Å². The van der Waals surface area contributed by atoms with Crippen molar-refractivity contribution in [2.45, 2.75) is 59.1 Å². The molecule has 0 aliphatic rings. The van der Waals surface area contributed by atoms with Crippen molar-refractivity contribution in [3.8, 4) is 5.75 Å². The highest BCUT2D eigenvalue weighted by molar-refractivity contribution is 5.82. The van der Waals surface area contributed by atoms with E-state index in [0.717, 1.165) is 23.3 Å². The van der Waals surface area contributed by atoms with E-state index in [4.69, 9.17) is 23.7 Å². The SMILES string of the molecule is C=CC(=O)OC(C)NC(=O)OCC(COc1cc(C(C)C)ccc1C)OC(=O)NC(C)OC(=O)C=C. The maximum Gasteiger partial charge on any atom is 0.410 e. The van der Waals surface area contributed by atoms with Gasteiger partial charge < -0.3 is 23.7 Å². The first-order valence-electron chi connectivity index (χ1n) is 11.2. The maximum absolute atomic E-state index is 12.3. The van der Waals surface area contributed by atoms with Crippen LogP contribution in [0.5, 0.6) is 5.75 Å². The van der Waals surface area contributed by atoms with Gasteiger partial charge in [-0.25, -0.2) is 19.2 Å². The third kappa shape index (κ3) is 11.4. The average Bonchev–Trinajstić information content (AvgIpc) is 2.80. The normalized spacial score (nSPS) is 12.8. The van der Waals surface area contributed by atoms with E-state index in [9.17, 15) is 19.2 Å². The van der Waals surface area contributed by atoms with Crippen molar-refractivity contribution < 1.29 is 42.9 Å². The number of carbonyl (C=O) groups is 4. The molecule has 0 aliphatic heterocycles. The maximum atomic E-state index is 12.3. The molecule has 36 heavy (non-hydrogen) atoms. The van der Waals surface area contributed by atoms with Crippen molar-refractivity contribution in [1.29, 1.82) is 0 Å². The fourth-order valence-electron chi connectivity index (χ4n) is 2.66. The first-order chi connectivity index (χ1) is 16.9. The summed E-state index contributed by atoms with van der Waals surface area (Å²) in [5.41, 5.74) is 1.92. The second-order valence-electron chi connectivity index (χ2n) is 7.97. The van der Waals surface area contributed by atoms with Gasteiger partial charge in [0.15, 0.2) is 18.6 Å². The Balaban J connectivity index is 2.83. The molecule has 0 fully saturated rings. The number of aryl methyl sites for hydroxylation is 1. The van der Waals surface area contributed by atoms with E-state index >= 15 is 0 Å². The number of nitrogens with one attached hydrogen (secondary N) is 2. The molecule has 0 heterocycles. The van der Waals surface area contributed by atoms with Crippen LogP contribution in [0, 0.1) is 6.92 Å². The van der Waals surface area contributed by atoms with Gasteiger partial charge in [0, 0.05) is 12.2 Å². The molecule has 2 N–H and O–H groups in total. The topological polar surface area (TPSA) is 138 Å². The van der Waals surface area contributed by atoms with Crippen molar-refractivity contribution in [2.24, 2.45) is 0 Å². The molecule has 0 saturated heterocycles. The largest absolute Gasteiger partial charge is 0.489 e. The van der Waals surface area contributed by atoms with Gasteiger partial charge in [0.1, 0.15) is 19.0 Å². The number of hydrogen-bond acceptors (Lipinski definition) is 9. The standard InChI is InChI=1S/C25H34N2O9/c1-8-22(28)34-17(6)26-24(30)33-14-20(36-25(31)27-18(7)35-23(29)9-2)13-32-21-12-19(15(3)4)11-10-16(21)5/h8-12,15,17-18,20H,1-2,13-14H2,3-7H3,(H,26,30)(H,27,31). The van der Waals surface area contributed by atoms with Crippen LogP contribution >= 0.6 is 0 Å². The zero-order chi connectivity index (χ0) is 27.3. The van der Waals surface area contributed by atoms with Crippen LogP contribution in [0.4, 0.5) is 9.59 Å². The van der Waals surface area contributed by atoms with E-state index in [1.54, 1.807) is 0 Å². The average molecular weight is 507 g/mol. The first-order valence-corrected chi connectivity index (χ1v) is 11.2. The zero-order valence-electron chi connectivity index (χ0n) is 21.2. The smallest absolute Gasteiger partial charge is 0.410 e. The van der Waals surface area contributed by atoms with E-state index < -0.39 is 42.7 Å². The van der Waals surface area contributed by atoms with Crippen LogP contribution in [-0.2, 0) is 28.5 Å². The van der Waals surface area contributed by atoms with Gasteiger partial charge >= 0.3 is 24.1 Å². The van der Waals surface area contributed by atoms with Gasteiger partial charge in [0.05, 0.1) is 0 Å². The lowest BCUT2D eigenvalue weighted by Gasteiger charge is -2.22. The van der Waals surface area contributed by atoms with E-state index in [1.807, 2.05) is 39.0 Å². The van der Waals surface area contributed by atoms with Gasteiger partial charge in [0.2, 0.25) is 0 Å².